The van der Waals surface area contributed by atoms with Gasteiger partial charge in [0.05, 0.1) is 17.2 Å². The van der Waals surface area contributed by atoms with Gasteiger partial charge in [0, 0.05) is 12.4 Å². The quantitative estimate of drug-likeness (QED) is 0.569. The molecule has 0 aliphatic rings. The fourth-order valence-electron chi connectivity index (χ4n) is 0.893. The van der Waals surface area contributed by atoms with E-state index in [0.717, 1.165) is 0 Å². The Kier molecular flexibility index (Phi) is 4.65. The molecule has 0 saturated carbocycles. The SMILES string of the molecule is CCOC(=O)CC#Cc1cnccc1Cl. The average molecular weight is 224 g/mol. The van der Waals surface area contributed by atoms with E-state index in [1.807, 2.05) is 0 Å². The molecule has 0 N–H and O–H groups in total. The van der Waals surface area contributed by atoms with Gasteiger partial charge >= 0.3 is 5.97 Å². The molecular weight excluding hydrogens is 214 g/mol. The normalized spacial score (nSPS) is 8.93. The second-order valence-electron chi connectivity index (χ2n) is 2.64. The van der Waals surface area contributed by atoms with Crippen molar-refractivity contribution < 1.29 is 9.53 Å². The van der Waals surface area contributed by atoms with Crippen LogP contribution in [-0.4, -0.2) is 17.6 Å². The molecule has 0 amide bonds. The summed E-state index contributed by atoms with van der Waals surface area (Å²) in [6.07, 6.45) is 3.21. The van der Waals surface area contributed by atoms with Gasteiger partial charge in [-0.05, 0) is 13.0 Å². The zero-order valence-corrected chi connectivity index (χ0v) is 9.04. The highest BCUT2D eigenvalue weighted by Gasteiger charge is 1.97. The van der Waals surface area contributed by atoms with E-state index in [4.69, 9.17) is 16.3 Å². The van der Waals surface area contributed by atoms with Crippen molar-refractivity contribution in [3.05, 3.63) is 29.0 Å². The molecule has 0 saturated heterocycles. The van der Waals surface area contributed by atoms with Gasteiger partial charge in [0.25, 0.3) is 0 Å². The maximum Gasteiger partial charge on any atom is 0.317 e. The van der Waals surface area contributed by atoms with Gasteiger partial charge in [0.2, 0.25) is 0 Å². The lowest BCUT2D eigenvalue weighted by molar-refractivity contribution is -0.141. The molecule has 1 aromatic heterocycles. The van der Waals surface area contributed by atoms with E-state index >= 15 is 0 Å². The number of nitrogens with zero attached hydrogens (tertiary/aromatic N) is 1. The van der Waals surface area contributed by atoms with Gasteiger partial charge < -0.3 is 4.74 Å². The fraction of sp³-hybridized carbons (Fsp3) is 0.273. The van der Waals surface area contributed by atoms with E-state index in [2.05, 4.69) is 16.8 Å². The highest BCUT2D eigenvalue weighted by molar-refractivity contribution is 6.31. The molecule has 1 heterocycles. The minimum absolute atomic E-state index is 0.0685. The molecule has 78 valence electrons. The summed E-state index contributed by atoms with van der Waals surface area (Å²) in [5, 5.41) is 0.529. The molecule has 15 heavy (non-hydrogen) atoms. The lowest BCUT2D eigenvalue weighted by Gasteiger charge is -1.95. The van der Waals surface area contributed by atoms with Crippen molar-refractivity contribution in [2.75, 3.05) is 6.61 Å². The molecule has 1 aromatic rings. The van der Waals surface area contributed by atoms with Crippen molar-refractivity contribution >= 4 is 17.6 Å². The Morgan fingerprint density at radius 3 is 3.13 bits per heavy atom. The number of halogens is 1. The summed E-state index contributed by atoms with van der Waals surface area (Å²) < 4.78 is 4.72. The lowest BCUT2D eigenvalue weighted by Crippen LogP contribution is -2.01. The standard InChI is InChI=1S/C11H10ClNO2/c1-2-15-11(14)5-3-4-9-8-13-7-6-10(9)12/h6-8H,2,5H2,1H3. The van der Waals surface area contributed by atoms with E-state index in [1.165, 1.54) is 0 Å². The lowest BCUT2D eigenvalue weighted by atomic mass is 10.3. The van der Waals surface area contributed by atoms with Crippen LogP contribution in [-0.2, 0) is 9.53 Å². The first kappa shape index (κ1) is 11.5. The Hall–Kier alpha value is -1.53. The van der Waals surface area contributed by atoms with Gasteiger partial charge in [0.1, 0.15) is 6.42 Å². The molecule has 0 aliphatic carbocycles. The van der Waals surface area contributed by atoms with Gasteiger partial charge in [-0.3, -0.25) is 9.78 Å². The molecule has 0 fully saturated rings. The predicted octanol–water partition coefficient (Wildman–Crippen LogP) is 2.04. The molecule has 4 heteroatoms. The molecule has 0 aromatic carbocycles. The minimum Gasteiger partial charge on any atom is -0.465 e. The minimum atomic E-state index is -0.329. The third-order valence-corrected chi connectivity index (χ3v) is 1.86. The topological polar surface area (TPSA) is 39.2 Å². The van der Waals surface area contributed by atoms with Crippen LogP contribution >= 0.6 is 11.6 Å². The van der Waals surface area contributed by atoms with Crippen LogP contribution in [0.25, 0.3) is 0 Å². The first-order valence-corrected chi connectivity index (χ1v) is 4.86. The highest BCUT2D eigenvalue weighted by Crippen LogP contribution is 2.11. The van der Waals surface area contributed by atoms with Crippen LogP contribution in [0.1, 0.15) is 18.9 Å². The van der Waals surface area contributed by atoms with Crippen LogP contribution in [0.2, 0.25) is 5.02 Å². The third-order valence-electron chi connectivity index (χ3n) is 1.53. The maximum atomic E-state index is 10.9. The predicted molar refractivity (Wildman–Crippen MR) is 57.4 cm³/mol. The molecule has 0 unspecified atom stereocenters. The fourth-order valence-corrected chi connectivity index (χ4v) is 1.05. The number of hydrogen-bond acceptors (Lipinski definition) is 3. The average Bonchev–Trinajstić information content (AvgIpc) is 2.21. The number of carbonyl (C=O) groups excluding carboxylic acids is 1. The van der Waals surface area contributed by atoms with Crippen LogP contribution < -0.4 is 0 Å². The summed E-state index contributed by atoms with van der Waals surface area (Å²) in [6.45, 7) is 2.12. The van der Waals surface area contributed by atoms with Gasteiger partial charge in [-0.15, -0.1) is 0 Å². The van der Waals surface area contributed by atoms with Crippen molar-refractivity contribution in [2.45, 2.75) is 13.3 Å². The molecule has 0 radical (unpaired) electrons. The second kappa shape index (κ2) is 6.05. The largest absolute Gasteiger partial charge is 0.465 e. The van der Waals surface area contributed by atoms with E-state index in [0.29, 0.717) is 17.2 Å². The number of hydrogen-bond donors (Lipinski definition) is 0. The van der Waals surface area contributed by atoms with Gasteiger partial charge in [-0.25, -0.2) is 0 Å². The summed E-state index contributed by atoms with van der Waals surface area (Å²) >= 11 is 5.84. The first-order valence-electron chi connectivity index (χ1n) is 4.48. The van der Waals surface area contributed by atoms with Crippen molar-refractivity contribution in [3.63, 3.8) is 0 Å². The molecule has 0 bridgehead atoms. The first-order chi connectivity index (χ1) is 7.24. The van der Waals surface area contributed by atoms with Crippen LogP contribution in [0.4, 0.5) is 0 Å². The molecule has 1 rings (SSSR count). The van der Waals surface area contributed by atoms with Gasteiger partial charge in [0.15, 0.2) is 0 Å². The molecule has 3 nitrogen and oxygen atoms in total. The zero-order valence-electron chi connectivity index (χ0n) is 8.29. The van der Waals surface area contributed by atoms with E-state index in [-0.39, 0.29) is 12.4 Å². The number of pyridine rings is 1. The summed E-state index contributed by atoms with van der Waals surface area (Å²) in [5.41, 5.74) is 0.614. The van der Waals surface area contributed by atoms with Crippen molar-refractivity contribution in [1.82, 2.24) is 4.98 Å². The van der Waals surface area contributed by atoms with E-state index < -0.39 is 0 Å². The van der Waals surface area contributed by atoms with Crippen molar-refractivity contribution in [1.29, 1.82) is 0 Å². The number of esters is 1. The Morgan fingerprint density at radius 2 is 2.47 bits per heavy atom. The number of rotatable bonds is 2. The Balaban J connectivity index is 2.59. The second-order valence-corrected chi connectivity index (χ2v) is 3.05. The summed E-state index contributed by atoms with van der Waals surface area (Å²) in [6, 6.07) is 1.65. The van der Waals surface area contributed by atoms with Gasteiger partial charge in [-0.2, -0.15) is 0 Å². The van der Waals surface area contributed by atoms with Crippen molar-refractivity contribution in [2.24, 2.45) is 0 Å². The van der Waals surface area contributed by atoms with E-state index in [9.17, 15) is 4.79 Å². The Morgan fingerprint density at radius 1 is 1.67 bits per heavy atom. The molecule has 0 atom stereocenters. The summed E-state index contributed by atoms with van der Waals surface area (Å²) in [7, 11) is 0. The number of aromatic nitrogens is 1. The highest BCUT2D eigenvalue weighted by atomic mass is 35.5. The number of carbonyl (C=O) groups is 1. The molecular formula is C11H10ClNO2. The Bertz CT molecular complexity index is 407. The number of ether oxygens (including phenoxy) is 1. The van der Waals surface area contributed by atoms with Crippen LogP contribution in [0.3, 0.4) is 0 Å². The third kappa shape index (κ3) is 4.01. The Labute approximate surface area is 93.4 Å². The van der Waals surface area contributed by atoms with E-state index in [1.54, 1.807) is 25.4 Å². The summed E-state index contributed by atoms with van der Waals surface area (Å²) in [4.78, 5) is 14.8. The maximum absolute atomic E-state index is 10.9. The monoisotopic (exact) mass is 223 g/mol. The summed E-state index contributed by atoms with van der Waals surface area (Å²) in [5.74, 6) is 5.11. The van der Waals surface area contributed by atoms with Gasteiger partial charge in [-0.1, -0.05) is 23.4 Å². The molecule has 0 spiro atoms. The molecule has 0 aliphatic heterocycles. The van der Waals surface area contributed by atoms with Crippen LogP contribution in [0.5, 0.6) is 0 Å². The van der Waals surface area contributed by atoms with Crippen molar-refractivity contribution in [3.8, 4) is 11.8 Å². The van der Waals surface area contributed by atoms with Crippen LogP contribution in [0.15, 0.2) is 18.5 Å². The van der Waals surface area contributed by atoms with Crippen LogP contribution in [0, 0.1) is 11.8 Å². The zero-order chi connectivity index (χ0) is 11.1. The smallest absolute Gasteiger partial charge is 0.317 e.